The number of hydrogen-bond acceptors (Lipinski definition) is 4. The standard InChI is InChI=1S/C44H30N6/c1-4-15-29(16-5-1)41-46-42(30-17-6-2-7-18-30)48-44(47-41)50-37-26-11-10-21-36(37)39-32(22-13-27-38(39)50)33-23-12-24-34-35-25-14-28-45-43(35)49(40(33)34)31-19-8-3-9-20-31/h1-27,45H,28H2. The van der Waals surface area contributed by atoms with E-state index in [4.69, 9.17) is 15.0 Å². The number of anilines is 1. The molecule has 236 valence electrons. The van der Waals surface area contributed by atoms with E-state index in [2.05, 4.69) is 118 Å². The number of nitrogens with zero attached hydrogens (tertiary/aromatic N) is 5. The molecular weight excluding hydrogens is 613 g/mol. The maximum atomic E-state index is 5.14. The molecule has 0 unspecified atom stereocenters. The molecule has 1 N–H and O–H groups in total. The summed E-state index contributed by atoms with van der Waals surface area (Å²) in [6, 6.07) is 52.7. The monoisotopic (exact) mass is 642 g/mol. The first-order valence-electron chi connectivity index (χ1n) is 16.9. The Labute approximate surface area is 288 Å². The van der Waals surface area contributed by atoms with Crippen LogP contribution in [0.4, 0.5) is 5.82 Å². The Morgan fingerprint density at radius 2 is 1.10 bits per heavy atom. The normalized spacial score (nSPS) is 12.4. The van der Waals surface area contributed by atoms with E-state index in [1.165, 1.54) is 16.5 Å². The maximum absolute atomic E-state index is 5.14. The van der Waals surface area contributed by atoms with E-state index in [1.807, 2.05) is 60.7 Å². The van der Waals surface area contributed by atoms with Gasteiger partial charge < -0.3 is 5.32 Å². The van der Waals surface area contributed by atoms with Crippen molar-refractivity contribution in [2.45, 2.75) is 0 Å². The van der Waals surface area contributed by atoms with Gasteiger partial charge in [-0.1, -0.05) is 140 Å². The average molecular weight is 643 g/mol. The SMILES string of the molecule is C1=Cc2c(n(-c3ccccc3)c3c(-c4cccc5c4c4ccccc4n5-c4nc(-c5ccccc5)nc(-c5ccccc5)n4)cccc23)NC1. The molecule has 1 aliphatic heterocycles. The van der Waals surface area contributed by atoms with E-state index >= 15 is 0 Å². The topological polar surface area (TPSA) is 60.6 Å². The molecular formula is C44H30N6. The number of para-hydroxylation sites is 3. The largest absolute Gasteiger partial charge is 0.367 e. The second-order valence-electron chi connectivity index (χ2n) is 12.5. The van der Waals surface area contributed by atoms with Gasteiger partial charge in [0, 0.05) is 50.6 Å². The molecule has 50 heavy (non-hydrogen) atoms. The minimum Gasteiger partial charge on any atom is -0.367 e. The van der Waals surface area contributed by atoms with Crippen molar-refractivity contribution in [3.8, 4) is 45.5 Å². The van der Waals surface area contributed by atoms with Gasteiger partial charge in [-0.2, -0.15) is 9.97 Å². The predicted molar refractivity (Wildman–Crippen MR) is 205 cm³/mol. The van der Waals surface area contributed by atoms with Gasteiger partial charge in [0.2, 0.25) is 5.95 Å². The molecule has 0 bridgehead atoms. The van der Waals surface area contributed by atoms with Crippen molar-refractivity contribution in [3.63, 3.8) is 0 Å². The molecule has 0 fully saturated rings. The van der Waals surface area contributed by atoms with Crippen molar-refractivity contribution >= 4 is 44.6 Å². The number of hydrogen-bond donors (Lipinski definition) is 1. The van der Waals surface area contributed by atoms with E-state index < -0.39 is 0 Å². The van der Waals surface area contributed by atoms with Crippen LogP contribution in [-0.4, -0.2) is 30.6 Å². The molecule has 6 aromatic carbocycles. The minimum atomic E-state index is 0.580. The van der Waals surface area contributed by atoms with E-state index in [9.17, 15) is 0 Å². The van der Waals surface area contributed by atoms with Crippen LogP contribution in [0, 0.1) is 0 Å². The number of rotatable bonds is 5. The van der Waals surface area contributed by atoms with Gasteiger partial charge in [-0.05, 0) is 29.8 Å². The number of nitrogens with one attached hydrogen (secondary N) is 1. The van der Waals surface area contributed by atoms with Gasteiger partial charge in [0.05, 0.1) is 16.6 Å². The smallest absolute Gasteiger partial charge is 0.238 e. The summed E-state index contributed by atoms with van der Waals surface area (Å²) in [7, 11) is 0. The van der Waals surface area contributed by atoms with Gasteiger partial charge in [-0.15, -0.1) is 0 Å². The highest BCUT2D eigenvalue weighted by atomic mass is 15.2. The summed E-state index contributed by atoms with van der Waals surface area (Å²) < 4.78 is 4.58. The molecule has 10 rings (SSSR count). The molecule has 0 atom stereocenters. The Balaban J connectivity index is 1.28. The summed E-state index contributed by atoms with van der Waals surface area (Å²) >= 11 is 0. The summed E-state index contributed by atoms with van der Waals surface area (Å²) in [5, 5.41) is 7.18. The lowest BCUT2D eigenvalue weighted by atomic mass is 9.96. The second-order valence-corrected chi connectivity index (χ2v) is 12.5. The van der Waals surface area contributed by atoms with E-state index in [1.54, 1.807) is 0 Å². The van der Waals surface area contributed by atoms with Crippen molar-refractivity contribution < 1.29 is 0 Å². The summed E-state index contributed by atoms with van der Waals surface area (Å²) in [5.41, 5.74) is 9.76. The van der Waals surface area contributed by atoms with Gasteiger partial charge >= 0.3 is 0 Å². The molecule has 6 heteroatoms. The Kier molecular flexibility index (Phi) is 6.45. The Bertz CT molecular complexity index is 2680. The van der Waals surface area contributed by atoms with Crippen LogP contribution in [0.3, 0.4) is 0 Å². The van der Waals surface area contributed by atoms with Crippen molar-refractivity contribution in [3.05, 3.63) is 163 Å². The van der Waals surface area contributed by atoms with Crippen LogP contribution in [-0.2, 0) is 0 Å². The molecule has 0 radical (unpaired) electrons. The van der Waals surface area contributed by atoms with Crippen LogP contribution in [0.1, 0.15) is 5.56 Å². The van der Waals surface area contributed by atoms with Crippen molar-refractivity contribution in [2.24, 2.45) is 0 Å². The molecule has 9 aromatic rings. The van der Waals surface area contributed by atoms with Gasteiger partial charge in [-0.3, -0.25) is 9.13 Å². The zero-order valence-electron chi connectivity index (χ0n) is 27.0. The third-order valence-corrected chi connectivity index (χ3v) is 9.59. The first-order chi connectivity index (χ1) is 24.8. The lowest BCUT2D eigenvalue weighted by molar-refractivity contribution is 0.953. The Morgan fingerprint density at radius 1 is 0.500 bits per heavy atom. The van der Waals surface area contributed by atoms with Gasteiger partial charge in [0.15, 0.2) is 11.6 Å². The van der Waals surface area contributed by atoms with Crippen LogP contribution in [0.5, 0.6) is 0 Å². The van der Waals surface area contributed by atoms with Crippen molar-refractivity contribution in [2.75, 3.05) is 11.9 Å². The summed E-state index contributed by atoms with van der Waals surface area (Å²) in [6.07, 6.45) is 4.44. The summed E-state index contributed by atoms with van der Waals surface area (Å²) in [6.45, 7) is 0.788. The lowest BCUT2D eigenvalue weighted by Gasteiger charge is -2.16. The minimum absolute atomic E-state index is 0.580. The third-order valence-electron chi connectivity index (χ3n) is 9.59. The molecule has 4 heterocycles. The first kappa shape index (κ1) is 28.2. The van der Waals surface area contributed by atoms with E-state index in [0.29, 0.717) is 17.6 Å². The molecule has 3 aromatic heterocycles. The molecule has 6 nitrogen and oxygen atoms in total. The zero-order chi connectivity index (χ0) is 33.0. The Morgan fingerprint density at radius 3 is 1.84 bits per heavy atom. The van der Waals surface area contributed by atoms with Crippen LogP contribution in [0.2, 0.25) is 0 Å². The summed E-state index contributed by atoms with van der Waals surface area (Å²) in [5.74, 6) is 2.96. The third kappa shape index (κ3) is 4.39. The van der Waals surface area contributed by atoms with E-state index in [-0.39, 0.29) is 0 Å². The van der Waals surface area contributed by atoms with Crippen LogP contribution < -0.4 is 5.32 Å². The molecule has 0 saturated heterocycles. The first-order valence-corrected chi connectivity index (χ1v) is 16.9. The highest BCUT2D eigenvalue weighted by Crippen LogP contribution is 2.44. The predicted octanol–water partition coefficient (Wildman–Crippen LogP) is 10.4. The maximum Gasteiger partial charge on any atom is 0.238 e. The number of fused-ring (bicyclic) bond motifs is 6. The zero-order valence-corrected chi connectivity index (χ0v) is 27.0. The highest BCUT2D eigenvalue weighted by Gasteiger charge is 2.24. The van der Waals surface area contributed by atoms with Crippen LogP contribution in [0.15, 0.2) is 158 Å². The quantitative estimate of drug-likeness (QED) is 0.203. The number of benzene rings is 6. The van der Waals surface area contributed by atoms with E-state index in [0.717, 1.165) is 62.1 Å². The van der Waals surface area contributed by atoms with Gasteiger partial charge in [0.1, 0.15) is 5.82 Å². The Hall–Kier alpha value is -6.79. The van der Waals surface area contributed by atoms with Crippen molar-refractivity contribution in [1.29, 1.82) is 0 Å². The summed E-state index contributed by atoms with van der Waals surface area (Å²) in [4.78, 5) is 15.2. The van der Waals surface area contributed by atoms with Gasteiger partial charge in [0.25, 0.3) is 0 Å². The molecule has 0 saturated carbocycles. The van der Waals surface area contributed by atoms with Crippen LogP contribution in [0.25, 0.3) is 84.3 Å². The molecule has 0 spiro atoms. The molecule has 0 amide bonds. The second kappa shape index (κ2) is 11.4. The fraction of sp³-hybridized carbons (Fsp3) is 0.0227. The fourth-order valence-electron chi connectivity index (χ4n) is 7.45. The highest BCUT2D eigenvalue weighted by molar-refractivity contribution is 6.18. The van der Waals surface area contributed by atoms with Crippen LogP contribution >= 0.6 is 0 Å². The molecule has 0 aliphatic carbocycles. The lowest BCUT2D eigenvalue weighted by Crippen LogP contribution is -2.08. The molecule has 1 aliphatic rings. The van der Waals surface area contributed by atoms with Gasteiger partial charge in [-0.25, -0.2) is 4.98 Å². The average Bonchev–Trinajstić information content (AvgIpc) is 3.72. The fourth-order valence-corrected chi connectivity index (χ4v) is 7.45. The van der Waals surface area contributed by atoms with Crippen molar-refractivity contribution in [1.82, 2.24) is 24.1 Å². The number of aromatic nitrogens is 5.